The number of carbonyl (C=O) groups is 1. The number of aromatic nitrogens is 5. The van der Waals surface area contributed by atoms with Crippen molar-refractivity contribution >= 4 is 5.91 Å². The molecule has 0 saturated carbocycles. The molecule has 1 amide bonds. The summed E-state index contributed by atoms with van der Waals surface area (Å²) in [5.74, 6) is 1.01. The first-order valence-corrected chi connectivity index (χ1v) is 11.2. The number of nitrogens with zero attached hydrogens (tertiary/aromatic N) is 6. The molecule has 3 aromatic rings. The number of aryl methyl sites for hydroxylation is 3. The van der Waals surface area contributed by atoms with Crippen molar-refractivity contribution in [2.75, 3.05) is 6.54 Å². The Bertz CT molecular complexity index is 1020. The lowest BCUT2D eigenvalue weighted by Gasteiger charge is -2.36. The van der Waals surface area contributed by atoms with Crippen molar-refractivity contribution in [3.05, 3.63) is 60.2 Å². The summed E-state index contributed by atoms with van der Waals surface area (Å²) in [7, 11) is 0. The highest BCUT2D eigenvalue weighted by Crippen LogP contribution is 2.36. The van der Waals surface area contributed by atoms with Gasteiger partial charge in [0.05, 0.1) is 17.9 Å². The number of carbonyl (C=O) groups excluding carboxylic acids is 1. The van der Waals surface area contributed by atoms with Crippen molar-refractivity contribution in [2.45, 2.75) is 65.0 Å². The molecule has 0 aliphatic carbocycles. The second-order valence-corrected chi connectivity index (χ2v) is 8.20. The van der Waals surface area contributed by atoms with Gasteiger partial charge in [-0.25, -0.2) is 9.97 Å². The quantitative estimate of drug-likeness (QED) is 0.576. The Hall–Kier alpha value is -3.09. The molecule has 162 valence electrons. The predicted octanol–water partition coefficient (Wildman–Crippen LogP) is 4.14. The monoisotopic (exact) mass is 418 g/mol. The Morgan fingerprint density at radius 3 is 2.77 bits per heavy atom. The Kier molecular flexibility index (Phi) is 6.70. The van der Waals surface area contributed by atoms with E-state index >= 15 is 0 Å². The smallest absolute Gasteiger partial charge is 0.225 e. The van der Waals surface area contributed by atoms with Crippen molar-refractivity contribution in [1.82, 2.24) is 29.6 Å². The van der Waals surface area contributed by atoms with Gasteiger partial charge >= 0.3 is 0 Å². The molecule has 31 heavy (non-hydrogen) atoms. The SMILES string of the molecule is CCCc1ncc(-c2ccncc2)c([C@@H]2CCCCN2C(=O)CCn2cc(C)cn2)n1. The molecule has 0 spiro atoms. The highest BCUT2D eigenvalue weighted by atomic mass is 16.2. The van der Waals surface area contributed by atoms with E-state index in [1.165, 1.54) is 0 Å². The van der Waals surface area contributed by atoms with Crippen LogP contribution in [0.25, 0.3) is 11.1 Å². The van der Waals surface area contributed by atoms with Gasteiger partial charge in [0.25, 0.3) is 0 Å². The number of rotatable bonds is 7. The number of amides is 1. The van der Waals surface area contributed by atoms with Gasteiger partial charge in [-0.2, -0.15) is 5.10 Å². The van der Waals surface area contributed by atoms with E-state index in [1.54, 1.807) is 12.4 Å². The Morgan fingerprint density at radius 1 is 1.19 bits per heavy atom. The summed E-state index contributed by atoms with van der Waals surface area (Å²) >= 11 is 0. The molecule has 7 heteroatoms. The number of hydrogen-bond donors (Lipinski definition) is 0. The molecule has 0 radical (unpaired) electrons. The summed E-state index contributed by atoms with van der Waals surface area (Å²) < 4.78 is 1.85. The number of pyridine rings is 1. The van der Waals surface area contributed by atoms with Gasteiger partial charge in [0.1, 0.15) is 5.82 Å². The molecule has 0 aromatic carbocycles. The van der Waals surface area contributed by atoms with E-state index in [4.69, 9.17) is 4.98 Å². The lowest BCUT2D eigenvalue weighted by molar-refractivity contribution is -0.135. The van der Waals surface area contributed by atoms with Crippen LogP contribution in [0.1, 0.15) is 62.2 Å². The molecule has 4 heterocycles. The van der Waals surface area contributed by atoms with Crippen LogP contribution >= 0.6 is 0 Å². The molecular weight excluding hydrogens is 388 g/mol. The first-order chi connectivity index (χ1) is 15.2. The molecule has 1 saturated heterocycles. The summed E-state index contributed by atoms with van der Waals surface area (Å²) in [4.78, 5) is 29.0. The molecule has 1 atom stereocenters. The molecular formula is C24H30N6O. The zero-order valence-corrected chi connectivity index (χ0v) is 18.4. The van der Waals surface area contributed by atoms with E-state index in [-0.39, 0.29) is 11.9 Å². The summed E-state index contributed by atoms with van der Waals surface area (Å²) in [6.45, 7) is 5.51. The summed E-state index contributed by atoms with van der Waals surface area (Å²) in [5, 5.41) is 4.32. The third-order valence-electron chi connectivity index (χ3n) is 5.79. The van der Waals surface area contributed by atoms with E-state index in [0.29, 0.717) is 13.0 Å². The predicted molar refractivity (Wildman–Crippen MR) is 119 cm³/mol. The fourth-order valence-electron chi connectivity index (χ4n) is 4.24. The van der Waals surface area contributed by atoms with E-state index in [9.17, 15) is 4.79 Å². The van der Waals surface area contributed by atoms with Gasteiger partial charge in [-0.1, -0.05) is 6.92 Å². The fourth-order valence-corrected chi connectivity index (χ4v) is 4.24. The van der Waals surface area contributed by atoms with Crippen molar-refractivity contribution in [3.63, 3.8) is 0 Å². The standard InChI is InChI=1S/C24H30N6O/c1-3-6-22-26-16-20(19-8-11-25-12-9-19)24(28-22)21-7-4-5-13-30(21)23(31)10-14-29-17-18(2)15-27-29/h8-9,11-12,15-17,21H,3-7,10,13-14H2,1-2H3/t21-/m0/s1. The summed E-state index contributed by atoms with van der Waals surface area (Å²) in [6.07, 6.45) is 14.6. The maximum absolute atomic E-state index is 13.3. The van der Waals surface area contributed by atoms with Gasteiger partial charge in [-0.3, -0.25) is 14.5 Å². The van der Waals surface area contributed by atoms with Gasteiger partial charge in [0.2, 0.25) is 5.91 Å². The Labute approximate surface area is 183 Å². The molecule has 0 N–H and O–H groups in total. The third-order valence-corrected chi connectivity index (χ3v) is 5.79. The van der Waals surface area contributed by atoms with E-state index in [1.807, 2.05) is 47.2 Å². The first-order valence-electron chi connectivity index (χ1n) is 11.2. The average molecular weight is 419 g/mol. The minimum absolute atomic E-state index is 0.0256. The molecule has 1 aliphatic heterocycles. The maximum Gasteiger partial charge on any atom is 0.225 e. The molecule has 0 bridgehead atoms. The largest absolute Gasteiger partial charge is 0.334 e. The summed E-state index contributed by atoms with van der Waals surface area (Å²) in [5.41, 5.74) is 4.11. The lowest BCUT2D eigenvalue weighted by Crippen LogP contribution is -2.39. The van der Waals surface area contributed by atoms with E-state index in [0.717, 1.165) is 66.9 Å². The molecule has 3 aromatic heterocycles. The minimum Gasteiger partial charge on any atom is -0.334 e. The van der Waals surface area contributed by atoms with Crippen molar-refractivity contribution in [2.24, 2.45) is 0 Å². The Balaban J connectivity index is 1.63. The zero-order chi connectivity index (χ0) is 21.6. The van der Waals surface area contributed by atoms with E-state index in [2.05, 4.69) is 22.0 Å². The van der Waals surface area contributed by atoms with Gasteiger partial charge in [0.15, 0.2) is 0 Å². The van der Waals surface area contributed by atoms with Crippen LogP contribution in [-0.4, -0.2) is 42.1 Å². The minimum atomic E-state index is -0.0256. The maximum atomic E-state index is 13.3. The van der Waals surface area contributed by atoms with Crippen LogP contribution in [0.15, 0.2) is 43.1 Å². The zero-order valence-electron chi connectivity index (χ0n) is 18.4. The first kappa shape index (κ1) is 21.2. The van der Waals surface area contributed by atoms with Gasteiger partial charge in [-0.05, 0) is 55.9 Å². The highest BCUT2D eigenvalue weighted by molar-refractivity contribution is 5.77. The topological polar surface area (TPSA) is 76.8 Å². The van der Waals surface area contributed by atoms with Crippen molar-refractivity contribution in [1.29, 1.82) is 0 Å². The summed E-state index contributed by atoms with van der Waals surface area (Å²) in [6, 6.07) is 3.94. The van der Waals surface area contributed by atoms with Crippen molar-refractivity contribution < 1.29 is 4.79 Å². The van der Waals surface area contributed by atoms with Crippen LogP contribution in [0.4, 0.5) is 0 Å². The number of likely N-dealkylation sites (tertiary alicyclic amines) is 1. The third kappa shape index (κ3) is 4.98. The second kappa shape index (κ2) is 9.81. The van der Waals surface area contributed by atoms with Crippen LogP contribution in [0.5, 0.6) is 0 Å². The molecule has 7 nitrogen and oxygen atoms in total. The van der Waals surface area contributed by atoms with Gasteiger partial charge < -0.3 is 4.90 Å². The molecule has 4 rings (SSSR count). The van der Waals surface area contributed by atoms with Crippen LogP contribution in [0, 0.1) is 6.92 Å². The van der Waals surface area contributed by atoms with Crippen LogP contribution in [-0.2, 0) is 17.8 Å². The second-order valence-electron chi connectivity index (χ2n) is 8.20. The van der Waals surface area contributed by atoms with Gasteiger partial charge in [0, 0.05) is 56.3 Å². The number of hydrogen-bond acceptors (Lipinski definition) is 5. The van der Waals surface area contributed by atoms with Gasteiger partial charge in [-0.15, -0.1) is 0 Å². The van der Waals surface area contributed by atoms with Crippen molar-refractivity contribution in [3.8, 4) is 11.1 Å². The average Bonchev–Trinajstić information content (AvgIpc) is 3.23. The lowest BCUT2D eigenvalue weighted by atomic mass is 9.93. The molecule has 1 aliphatic rings. The molecule has 0 unspecified atom stereocenters. The highest BCUT2D eigenvalue weighted by Gasteiger charge is 2.31. The van der Waals surface area contributed by atoms with Crippen LogP contribution in [0.3, 0.4) is 0 Å². The van der Waals surface area contributed by atoms with E-state index < -0.39 is 0 Å². The molecule has 1 fully saturated rings. The normalized spacial score (nSPS) is 16.5. The van der Waals surface area contributed by atoms with Crippen LogP contribution < -0.4 is 0 Å². The Morgan fingerprint density at radius 2 is 2.03 bits per heavy atom. The van der Waals surface area contributed by atoms with Crippen LogP contribution in [0.2, 0.25) is 0 Å². The fraction of sp³-hybridized carbons (Fsp3) is 0.458. The number of piperidine rings is 1.